The number of carbonyl (C=O) groups excluding carboxylic acids is 3. The van der Waals surface area contributed by atoms with Crippen molar-refractivity contribution in [2.45, 2.75) is 27.2 Å². The number of rotatable bonds is 1. The summed E-state index contributed by atoms with van der Waals surface area (Å²) in [7, 11) is 1.27. The molecule has 17 heavy (non-hydrogen) atoms. The van der Waals surface area contributed by atoms with Crippen LogP contribution in [0.4, 0.5) is 0 Å². The van der Waals surface area contributed by atoms with Crippen LogP contribution in [-0.4, -0.2) is 42.8 Å². The number of piperidine rings is 1. The van der Waals surface area contributed by atoms with Crippen LogP contribution in [0.1, 0.15) is 27.2 Å². The molecule has 0 bridgehead atoms. The van der Waals surface area contributed by atoms with Crippen molar-refractivity contribution in [2.75, 3.05) is 20.2 Å². The Labute approximate surface area is 101 Å². The molecule has 96 valence electrons. The maximum atomic E-state index is 12.0. The second-order valence-electron chi connectivity index (χ2n) is 5.31. The van der Waals surface area contributed by atoms with Gasteiger partial charge in [-0.3, -0.25) is 14.4 Å². The second kappa shape index (κ2) is 4.85. The van der Waals surface area contributed by atoms with Crippen LogP contribution in [0.5, 0.6) is 0 Å². The summed E-state index contributed by atoms with van der Waals surface area (Å²) in [5.41, 5.74) is -0.502. The summed E-state index contributed by atoms with van der Waals surface area (Å²) >= 11 is 0. The van der Waals surface area contributed by atoms with Crippen LogP contribution in [-0.2, 0) is 19.1 Å². The molecule has 0 aliphatic carbocycles. The Morgan fingerprint density at radius 3 is 2.35 bits per heavy atom. The molecule has 1 heterocycles. The molecule has 0 spiro atoms. The molecule has 0 aromatic carbocycles. The van der Waals surface area contributed by atoms with Gasteiger partial charge in [-0.05, 0) is 6.42 Å². The molecular formula is C12H19NO4. The van der Waals surface area contributed by atoms with E-state index in [0.29, 0.717) is 13.0 Å². The largest absolute Gasteiger partial charge is 0.468 e. The van der Waals surface area contributed by atoms with E-state index in [1.54, 1.807) is 0 Å². The Balaban J connectivity index is 2.68. The third-order valence-corrected chi connectivity index (χ3v) is 2.84. The lowest BCUT2D eigenvalue weighted by Crippen LogP contribution is -2.49. The Morgan fingerprint density at radius 2 is 1.94 bits per heavy atom. The molecule has 0 radical (unpaired) electrons. The summed E-state index contributed by atoms with van der Waals surface area (Å²) in [6.45, 7) is 5.88. The highest BCUT2D eigenvalue weighted by molar-refractivity contribution is 6.02. The van der Waals surface area contributed by atoms with Gasteiger partial charge in [-0.25, -0.2) is 0 Å². The van der Waals surface area contributed by atoms with Crippen molar-refractivity contribution in [3.05, 3.63) is 0 Å². The van der Waals surface area contributed by atoms with Gasteiger partial charge in [0.2, 0.25) is 5.91 Å². The van der Waals surface area contributed by atoms with Crippen LogP contribution in [0, 0.1) is 11.3 Å². The van der Waals surface area contributed by atoms with Crippen molar-refractivity contribution >= 4 is 17.7 Å². The minimum Gasteiger partial charge on any atom is -0.468 e. The van der Waals surface area contributed by atoms with Crippen LogP contribution >= 0.6 is 0 Å². The summed E-state index contributed by atoms with van der Waals surface area (Å²) < 4.78 is 4.56. The predicted molar refractivity (Wildman–Crippen MR) is 61.2 cm³/mol. The van der Waals surface area contributed by atoms with Gasteiger partial charge < -0.3 is 9.64 Å². The van der Waals surface area contributed by atoms with Gasteiger partial charge in [0.15, 0.2) is 5.78 Å². The molecule has 0 aromatic heterocycles. The zero-order chi connectivity index (χ0) is 13.2. The molecule has 1 aliphatic heterocycles. The Bertz CT molecular complexity index is 343. The Kier molecular flexibility index (Phi) is 3.91. The van der Waals surface area contributed by atoms with Gasteiger partial charge in [0.25, 0.3) is 0 Å². The second-order valence-corrected chi connectivity index (χ2v) is 5.31. The van der Waals surface area contributed by atoms with E-state index < -0.39 is 17.3 Å². The minimum atomic E-state index is -0.705. The number of Topliss-reactive ketones (excluding diaryl/α,β-unsaturated/α-hetero) is 1. The van der Waals surface area contributed by atoms with Crippen molar-refractivity contribution in [1.29, 1.82) is 0 Å². The number of amides is 1. The number of esters is 1. The summed E-state index contributed by atoms with van der Waals surface area (Å²) in [5, 5.41) is 0. The molecule has 5 nitrogen and oxygen atoms in total. The number of ether oxygens (including phenoxy) is 1. The van der Waals surface area contributed by atoms with E-state index >= 15 is 0 Å². The normalized spacial score (nSPS) is 21.3. The maximum Gasteiger partial charge on any atom is 0.316 e. The quantitative estimate of drug-likeness (QED) is 0.499. The molecule has 1 saturated heterocycles. The van der Waals surface area contributed by atoms with E-state index in [1.165, 1.54) is 12.0 Å². The SMILES string of the molecule is COC(=O)C1CCN(C(=O)C(C)(C)C)CC1=O. The van der Waals surface area contributed by atoms with Gasteiger partial charge in [0.05, 0.1) is 13.7 Å². The van der Waals surface area contributed by atoms with Crippen LogP contribution in [0.25, 0.3) is 0 Å². The number of nitrogens with zero attached hydrogens (tertiary/aromatic N) is 1. The zero-order valence-electron chi connectivity index (χ0n) is 10.8. The average Bonchev–Trinajstić information content (AvgIpc) is 2.25. The highest BCUT2D eigenvalue weighted by atomic mass is 16.5. The van der Waals surface area contributed by atoms with Gasteiger partial charge in [-0.2, -0.15) is 0 Å². The topological polar surface area (TPSA) is 63.7 Å². The standard InChI is InChI=1S/C12H19NO4/c1-12(2,3)11(16)13-6-5-8(9(14)7-13)10(15)17-4/h8H,5-7H2,1-4H3. The van der Waals surface area contributed by atoms with Crippen molar-refractivity contribution in [3.63, 3.8) is 0 Å². The van der Waals surface area contributed by atoms with Gasteiger partial charge in [0.1, 0.15) is 5.92 Å². The Hall–Kier alpha value is -1.39. The van der Waals surface area contributed by atoms with Gasteiger partial charge in [-0.1, -0.05) is 20.8 Å². The van der Waals surface area contributed by atoms with E-state index in [2.05, 4.69) is 4.74 Å². The van der Waals surface area contributed by atoms with E-state index in [0.717, 1.165) is 0 Å². The van der Waals surface area contributed by atoms with E-state index in [1.807, 2.05) is 20.8 Å². The first-order valence-corrected chi connectivity index (χ1v) is 5.67. The molecule has 0 saturated carbocycles. The molecule has 5 heteroatoms. The molecule has 0 aromatic rings. The molecule has 1 amide bonds. The first-order valence-electron chi connectivity index (χ1n) is 5.67. The molecule has 1 aliphatic rings. The van der Waals surface area contributed by atoms with Crippen LogP contribution in [0.3, 0.4) is 0 Å². The molecule has 1 unspecified atom stereocenters. The van der Waals surface area contributed by atoms with Crippen molar-refractivity contribution in [2.24, 2.45) is 11.3 Å². The fraction of sp³-hybridized carbons (Fsp3) is 0.750. The van der Waals surface area contributed by atoms with Gasteiger partial charge in [0, 0.05) is 12.0 Å². The van der Waals surface area contributed by atoms with Crippen LogP contribution in [0.15, 0.2) is 0 Å². The number of hydrogen-bond donors (Lipinski definition) is 0. The predicted octanol–water partition coefficient (Wildman–Crippen LogP) is 0.623. The molecule has 0 N–H and O–H groups in total. The lowest BCUT2D eigenvalue weighted by Gasteiger charge is -2.33. The highest BCUT2D eigenvalue weighted by Crippen LogP contribution is 2.22. The maximum absolute atomic E-state index is 12.0. The van der Waals surface area contributed by atoms with Gasteiger partial charge in [-0.15, -0.1) is 0 Å². The number of methoxy groups -OCH3 is 1. The van der Waals surface area contributed by atoms with Crippen molar-refractivity contribution < 1.29 is 19.1 Å². The fourth-order valence-corrected chi connectivity index (χ4v) is 1.86. The summed E-state index contributed by atoms with van der Waals surface area (Å²) in [6.07, 6.45) is 0.354. The lowest BCUT2D eigenvalue weighted by molar-refractivity contribution is -0.155. The first-order chi connectivity index (χ1) is 7.77. The van der Waals surface area contributed by atoms with E-state index in [4.69, 9.17) is 0 Å². The number of ketones is 1. The average molecular weight is 241 g/mol. The smallest absolute Gasteiger partial charge is 0.316 e. The van der Waals surface area contributed by atoms with Crippen LogP contribution < -0.4 is 0 Å². The third-order valence-electron chi connectivity index (χ3n) is 2.84. The molecule has 1 rings (SSSR count). The monoisotopic (exact) mass is 241 g/mol. The van der Waals surface area contributed by atoms with Crippen molar-refractivity contribution in [3.8, 4) is 0 Å². The number of hydrogen-bond acceptors (Lipinski definition) is 4. The van der Waals surface area contributed by atoms with E-state index in [9.17, 15) is 14.4 Å². The van der Waals surface area contributed by atoms with Crippen molar-refractivity contribution in [1.82, 2.24) is 4.90 Å². The highest BCUT2D eigenvalue weighted by Gasteiger charge is 2.37. The molecular weight excluding hydrogens is 222 g/mol. The number of carbonyl (C=O) groups is 3. The van der Waals surface area contributed by atoms with Crippen LogP contribution in [0.2, 0.25) is 0 Å². The first kappa shape index (κ1) is 13.7. The van der Waals surface area contributed by atoms with Gasteiger partial charge >= 0.3 is 5.97 Å². The lowest BCUT2D eigenvalue weighted by atomic mass is 9.90. The zero-order valence-corrected chi connectivity index (χ0v) is 10.8. The molecule has 1 atom stereocenters. The third kappa shape index (κ3) is 3.05. The minimum absolute atomic E-state index is 0.00979. The molecule has 1 fully saturated rings. The summed E-state index contributed by atoms with van der Waals surface area (Å²) in [6, 6.07) is 0. The number of likely N-dealkylation sites (tertiary alicyclic amines) is 1. The summed E-state index contributed by atoms with van der Waals surface area (Å²) in [5.74, 6) is -1.50. The Morgan fingerprint density at radius 1 is 1.35 bits per heavy atom. The summed E-state index contributed by atoms with van der Waals surface area (Å²) in [4.78, 5) is 36.5. The van der Waals surface area contributed by atoms with E-state index in [-0.39, 0.29) is 18.2 Å². The fourth-order valence-electron chi connectivity index (χ4n) is 1.86.